The van der Waals surface area contributed by atoms with Crippen molar-refractivity contribution in [3.8, 4) is 11.3 Å². The first-order valence-electron chi connectivity index (χ1n) is 9.36. The molecule has 0 radical (unpaired) electrons. The Morgan fingerprint density at radius 1 is 1.37 bits per heavy atom. The second kappa shape index (κ2) is 6.42. The summed E-state index contributed by atoms with van der Waals surface area (Å²) in [7, 11) is 0. The van der Waals surface area contributed by atoms with Gasteiger partial charge in [-0.1, -0.05) is 6.07 Å². The summed E-state index contributed by atoms with van der Waals surface area (Å²) in [5.41, 5.74) is 3.26. The van der Waals surface area contributed by atoms with Crippen molar-refractivity contribution in [1.29, 1.82) is 0 Å². The van der Waals surface area contributed by atoms with Gasteiger partial charge in [-0.3, -0.25) is 9.20 Å². The van der Waals surface area contributed by atoms with Gasteiger partial charge in [0, 0.05) is 28.4 Å². The fourth-order valence-corrected chi connectivity index (χ4v) is 5.48. The van der Waals surface area contributed by atoms with Crippen molar-refractivity contribution in [2.24, 2.45) is 5.92 Å². The van der Waals surface area contributed by atoms with E-state index in [9.17, 15) is 14.3 Å². The number of carboxylic acids is 1. The average Bonchev–Trinajstić information content (AvgIpc) is 3.37. The number of halogens is 1. The summed E-state index contributed by atoms with van der Waals surface area (Å²) in [5.74, 6) is -1.28. The second-order valence-electron chi connectivity index (χ2n) is 7.42. The maximum atomic E-state index is 14.8. The molecule has 0 bridgehead atoms. The maximum absolute atomic E-state index is 14.8. The molecular formula is C20H20FN3O2S. The third kappa shape index (κ3) is 2.85. The highest BCUT2D eigenvalue weighted by Crippen LogP contribution is 2.35. The van der Waals surface area contributed by atoms with Crippen molar-refractivity contribution in [1.82, 2.24) is 14.7 Å². The van der Waals surface area contributed by atoms with Crippen LogP contribution >= 0.6 is 11.3 Å². The first-order chi connectivity index (χ1) is 13.1. The highest BCUT2D eigenvalue weighted by molar-refractivity contribution is 7.17. The number of thiazole rings is 1. The number of rotatable bonds is 3. The van der Waals surface area contributed by atoms with Crippen LogP contribution in [0.25, 0.3) is 16.2 Å². The molecule has 1 saturated heterocycles. The molecule has 27 heavy (non-hydrogen) atoms. The molecule has 7 heteroatoms. The normalized spacial score (nSPS) is 22.3. The zero-order valence-electron chi connectivity index (χ0n) is 14.7. The Bertz CT molecular complexity index is 1040. The third-order valence-corrected chi connectivity index (χ3v) is 6.86. The van der Waals surface area contributed by atoms with E-state index in [1.54, 1.807) is 6.07 Å². The Morgan fingerprint density at radius 2 is 2.26 bits per heavy atom. The van der Waals surface area contributed by atoms with Crippen LogP contribution < -0.4 is 5.32 Å². The van der Waals surface area contributed by atoms with Crippen molar-refractivity contribution < 1.29 is 14.3 Å². The Hall–Kier alpha value is -2.25. The third-order valence-electron chi connectivity index (χ3n) is 5.74. The second-order valence-corrected chi connectivity index (χ2v) is 8.48. The van der Waals surface area contributed by atoms with Crippen LogP contribution in [0.1, 0.15) is 41.4 Å². The number of carbonyl (C=O) groups is 1. The van der Waals surface area contributed by atoms with Crippen LogP contribution in [0.5, 0.6) is 0 Å². The van der Waals surface area contributed by atoms with Gasteiger partial charge in [-0.2, -0.15) is 0 Å². The molecule has 1 fully saturated rings. The van der Waals surface area contributed by atoms with Crippen LogP contribution in [0.3, 0.4) is 0 Å². The molecule has 1 aliphatic carbocycles. The lowest BCUT2D eigenvalue weighted by Crippen LogP contribution is -2.21. The molecular weight excluding hydrogens is 365 g/mol. The number of imidazole rings is 1. The van der Waals surface area contributed by atoms with E-state index in [-0.39, 0.29) is 17.8 Å². The number of nitrogens with zero attached hydrogens (tertiary/aromatic N) is 2. The number of fused-ring (bicyclic) bond motifs is 3. The van der Waals surface area contributed by atoms with Crippen molar-refractivity contribution >= 4 is 22.3 Å². The standard InChI is InChI=1S/C20H20FN3O2S/c21-14-8-11(15-2-1-7-22-15)3-5-13(14)16-10-24-17-6-4-12(19(25)26)9-18(17)27-20(24)23-16/h3,5,8,10,12,15,22H,1-2,4,6-7,9H2,(H,25,26). The molecule has 3 heterocycles. The molecule has 2 aliphatic rings. The quantitative estimate of drug-likeness (QED) is 0.719. The van der Waals surface area contributed by atoms with Crippen LogP contribution in [0.4, 0.5) is 4.39 Å². The van der Waals surface area contributed by atoms with Crippen molar-refractivity contribution in [2.45, 2.75) is 38.1 Å². The van der Waals surface area contributed by atoms with E-state index in [4.69, 9.17) is 0 Å². The fourth-order valence-electron chi connectivity index (χ4n) is 4.25. The molecule has 0 amide bonds. The van der Waals surface area contributed by atoms with Gasteiger partial charge in [0.15, 0.2) is 4.96 Å². The monoisotopic (exact) mass is 385 g/mol. The lowest BCUT2D eigenvalue weighted by molar-refractivity contribution is -0.142. The predicted molar refractivity (Wildman–Crippen MR) is 102 cm³/mol. The minimum absolute atomic E-state index is 0.244. The van der Waals surface area contributed by atoms with Gasteiger partial charge in [0.1, 0.15) is 5.82 Å². The van der Waals surface area contributed by atoms with Crippen LogP contribution in [-0.2, 0) is 17.6 Å². The van der Waals surface area contributed by atoms with Crippen LogP contribution in [0, 0.1) is 11.7 Å². The molecule has 1 aliphatic heterocycles. The average molecular weight is 385 g/mol. The van der Waals surface area contributed by atoms with Crippen LogP contribution in [-0.4, -0.2) is 27.0 Å². The largest absolute Gasteiger partial charge is 0.481 e. The lowest BCUT2D eigenvalue weighted by atomic mass is 9.91. The first kappa shape index (κ1) is 16.9. The smallest absolute Gasteiger partial charge is 0.306 e. The highest BCUT2D eigenvalue weighted by Gasteiger charge is 2.28. The van der Waals surface area contributed by atoms with Gasteiger partial charge in [-0.15, -0.1) is 11.3 Å². The van der Waals surface area contributed by atoms with Gasteiger partial charge in [0.2, 0.25) is 0 Å². The zero-order chi connectivity index (χ0) is 18.5. The maximum Gasteiger partial charge on any atom is 0.306 e. The Kier molecular flexibility index (Phi) is 4.02. The van der Waals surface area contributed by atoms with E-state index in [2.05, 4.69) is 10.3 Å². The fraction of sp³-hybridized carbons (Fsp3) is 0.400. The van der Waals surface area contributed by atoms with Gasteiger partial charge < -0.3 is 10.4 Å². The minimum Gasteiger partial charge on any atom is -0.481 e. The van der Waals surface area contributed by atoms with Crippen LogP contribution in [0.2, 0.25) is 0 Å². The van der Waals surface area contributed by atoms with Gasteiger partial charge in [0.05, 0.1) is 11.6 Å². The lowest BCUT2D eigenvalue weighted by Gasteiger charge is -2.17. The highest BCUT2D eigenvalue weighted by atomic mass is 32.1. The van der Waals surface area contributed by atoms with Crippen molar-refractivity contribution in [3.05, 3.63) is 46.3 Å². The summed E-state index contributed by atoms with van der Waals surface area (Å²) >= 11 is 1.52. The molecule has 2 atom stereocenters. The van der Waals surface area contributed by atoms with Gasteiger partial charge in [0.25, 0.3) is 0 Å². The van der Waals surface area contributed by atoms with Gasteiger partial charge >= 0.3 is 5.97 Å². The number of carboxylic acid groups (broad SMARTS) is 1. The summed E-state index contributed by atoms with van der Waals surface area (Å²) < 4.78 is 16.8. The topological polar surface area (TPSA) is 66.6 Å². The van der Waals surface area contributed by atoms with E-state index >= 15 is 0 Å². The van der Waals surface area contributed by atoms with Gasteiger partial charge in [-0.05, 0) is 56.3 Å². The summed E-state index contributed by atoms with van der Waals surface area (Å²) in [4.78, 5) is 17.8. The van der Waals surface area contributed by atoms with E-state index < -0.39 is 5.97 Å². The Morgan fingerprint density at radius 3 is 3.00 bits per heavy atom. The molecule has 140 valence electrons. The number of nitrogens with one attached hydrogen (secondary N) is 1. The van der Waals surface area contributed by atoms with Crippen LogP contribution in [0.15, 0.2) is 24.4 Å². The summed E-state index contributed by atoms with van der Waals surface area (Å²) in [6.45, 7) is 0.985. The molecule has 5 rings (SSSR count). The van der Waals surface area contributed by atoms with Crippen molar-refractivity contribution in [3.63, 3.8) is 0 Å². The number of hydrogen-bond acceptors (Lipinski definition) is 4. The zero-order valence-corrected chi connectivity index (χ0v) is 15.6. The SMILES string of the molecule is O=C(O)C1CCc2c(sc3nc(-c4ccc(C5CCCN5)cc4F)cn23)C1. The van der Waals surface area contributed by atoms with E-state index in [0.717, 1.165) is 46.9 Å². The number of benzene rings is 1. The molecule has 0 spiro atoms. The minimum atomic E-state index is -0.730. The van der Waals surface area contributed by atoms with E-state index in [1.807, 2.05) is 22.7 Å². The molecule has 0 saturated carbocycles. The van der Waals surface area contributed by atoms with Gasteiger partial charge in [-0.25, -0.2) is 9.37 Å². The molecule has 2 aromatic heterocycles. The molecule has 3 aromatic rings. The summed E-state index contributed by atoms with van der Waals surface area (Å²) in [6.07, 6.45) is 5.97. The first-order valence-corrected chi connectivity index (χ1v) is 10.2. The Balaban J connectivity index is 1.48. The number of aliphatic carboxylic acids is 1. The van der Waals surface area contributed by atoms with Crippen molar-refractivity contribution in [2.75, 3.05) is 6.54 Å². The molecule has 2 N–H and O–H groups in total. The summed E-state index contributed by atoms with van der Waals surface area (Å²) in [5, 5.41) is 12.6. The van der Waals surface area contributed by atoms with E-state index in [0.29, 0.717) is 24.1 Å². The molecule has 1 aromatic carbocycles. The molecule has 2 unspecified atom stereocenters. The summed E-state index contributed by atoms with van der Waals surface area (Å²) in [6, 6.07) is 5.68. The number of hydrogen-bond donors (Lipinski definition) is 2. The predicted octanol–water partition coefficient (Wildman–Crippen LogP) is 3.82. The van der Waals surface area contributed by atoms with E-state index in [1.165, 1.54) is 11.3 Å². The number of aryl methyl sites for hydroxylation is 1. The number of aromatic nitrogens is 2. The molecule has 5 nitrogen and oxygen atoms in total. The Labute approximate surface area is 159 Å².